The third kappa shape index (κ3) is 4.54. The number of carbonyl (C=O) groups excluding carboxylic acids is 1. The Balaban J connectivity index is 1.77. The van der Waals surface area contributed by atoms with Crippen molar-refractivity contribution in [1.82, 2.24) is 0 Å². The lowest BCUT2D eigenvalue weighted by atomic mass is 10.2. The Hall–Kier alpha value is -2.59. The molecule has 8 nitrogen and oxygen atoms in total. The monoisotopic (exact) mass is 439 g/mol. The van der Waals surface area contributed by atoms with Crippen LogP contribution in [0.25, 0.3) is 0 Å². The van der Waals surface area contributed by atoms with Crippen LogP contribution in [0, 0.1) is 0 Å². The Kier molecular flexibility index (Phi) is 5.85. The lowest BCUT2D eigenvalue weighted by Crippen LogP contribution is -2.23. The summed E-state index contributed by atoms with van der Waals surface area (Å²) in [6.07, 6.45) is 0.0875. The molecule has 10 heteroatoms. The molecule has 0 radical (unpaired) electrons. The lowest BCUT2D eigenvalue weighted by molar-refractivity contribution is 0.102. The first-order valence-corrected chi connectivity index (χ1v) is 12.1. The minimum atomic E-state index is -3.77. The first-order chi connectivity index (χ1) is 13.7. The largest absolute Gasteiger partial charge is 0.497 e. The summed E-state index contributed by atoms with van der Waals surface area (Å²) >= 11 is 0. The van der Waals surface area contributed by atoms with E-state index in [0.29, 0.717) is 17.2 Å². The van der Waals surface area contributed by atoms with E-state index in [1.165, 1.54) is 38.5 Å². The zero-order chi connectivity index (χ0) is 21.2. The molecule has 29 heavy (non-hydrogen) atoms. The number of anilines is 1. The van der Waals surface area contributed by atoms with E-state index >= 15 is 0 Å². The van der Waals surface area contributed by atoms with Gasteiger partial charge in [-0.1, -0.05) is 0 Å². The minimum absolute atomic E-state index is 0.00169. The van der Waals surface area contributed by atoms with Gasteiger partial charge in [0.25, 0.3) is 5.91 Å². The van der Waals surface area contributed by atoms with Crippen molar-refractivity contribution in [2.45, 2.75) is 16.6 Å². The lowest BCUT2D eigenvalue weighted by Gasteiger charge is -2.13. The number of benzene rings is 2. The number of nitrogens with one attached hydrogen (secondary N) is 1. The minimum Gasteiger partial charge on any atom is -0.497 e. The Bertz CT molecular complexity index is 1120. The number of rotatable bonds is 6. The fraction of sp³-hybridized carbons (Fsp3) is 0.316. The van der Waals surface area contributed by atoms with Gasteiger partial charge < -0.3 is 14.8 Å². The summed E-state index contributed by atoms with van der Waals surface area (Å²) in [5.41, 5.74) is 0.687. The van der Waals surface area contributed by atoms with Crippen LogP contribution in [0.5, 0.6) is 11.5 Å². The highest BCUT2D eigenvalue weighted by Gasteiger charge is 2.38. The van der Waals surface area contributed by atoms with Crippen LogP contribution in [0.4, 0.5) is 5.69 Å². The van der Waals surface area contributed by atoms with Crippen LogP contribution in [0.2, 0.25) is 0 Å². The van der Waals surface area contributed by atoms with E-state index in [2.05, 4.69) is 5.32 Å². The molecule has 0 aliphatic carbocycles. The first-order valence-electron chi connectivity index (χ1n) is 8.74. The van der Waals surface area contributed by atoms with Crippen LogP contribution in [-0.4, -0.2) is 53.7 Å². The molecule has 156 valence electrons. The van der Waals surface area contributed by atoms with E-state index in [-0.39, 0.29) is 28.4 Å². The number of ether oxygens (including phenoxy) is 2. The van der Waals surface area contributed by atoms with Gasteiger partial charge in [0.1, 0.15) is 11.5 Å². The van der Waals surface area contributed by atoms with Crippen molar-refractivity contribution in [1.29, 1.82) is 0 Å². The summed E-state index contributed by atoms with van der Waals surface area (Å²) in [5, 5.41) is 1.76. The van der Waals surface area contributed by atoms with Gasteiger partial charge in [-0.05, 0) is 42.8 Å². The van der Waals surface area contributed by atoms with E-state index < -0.39 is 30.8 Å². The van der Waals surface area contributed by atoms with Crippen molar-refractivity contribution in [3.05, 3.63) is 48.0 Å². The smallest absolute Gasteiger partial charge is 0.255 e. The molecule has 2 aromatic carbocycles. The number of methoxy groups -OCH3 is 2. The molecule has 1 fully saturated rings. The summed E-state index contributed by atoms with van der Waals surface area (Å²) in [7, 11) is -4.11. The quantitative estimate of drug-likeness (QED) is 0.731. The average molecular weight is 440 g/mol. The van der Waals surface area contributed by atoms with Crippen LogP contribution in [-0.2, 0) is 19.7 Å². The van der Waals surface area contributed by atoms with Crippen molar-refractivity contribution < 1.29 is 31.1 Å². The second-order valence-corrected chi connectivity index (χ2v) is 11.1. The highest BCUT2D eigenvalue weighted by molar-refractivity contribution is 7.96. The molecule has 1 unspecified atom stereocenters. The topological polar surface area (TPSA) is 116 Å². The van der Waals surface area contributed by atoms with E-state index in [4.69, 9.17) is 9.47 Å². The number of hydrogen-bond donors (Lipinski definition) is 1. The Morgan fingerprint density at radius 2 is 1.76 bits per heavy atom. The van der Waals surface area contributed by atoms with Crippen LogP contribution < -0.4 is 14.8 Å². The fourth-order valence-electron chi connectivity index (χ4n) is 3.09. The second kappa shape index (κ2) is 8.03. The van der Waals surface area contributed by atoms with Gasteiger partial charge >= 0.3 is 0 Å². The maximum absolute atomic E-state index is 12.6. The predicted molar refractivity (Wildman–Crippen MR) is 108 cm³/mol. The number of sulfone groups is 2. The molecule has 0 aromatic heterocycles. The number of amides is 1. The van der Waals surface area contributed by atoms with Crippen molar-refractivity contribution in [3.8, 4) is 11.5 Å². The Morgan fingerprint density at radius 3 is 2.31 bits per heavy atom. The molecule has 1 aliphatic rings. The molecule has 1 amide bonds. The fourth-order valence-corrected chi connectivity index (χ4v) is 7.45. The van der Waals surface area contributed by atoms with Gasteiger partial charge in [0.05, 0.1) is 41.6 Å². The van der Waals surface area contributed by atoms with Crippen molar-refractivity contribution in [2.75, 3.05) is 31.0 Å². The van der Waals surface area contributed by atoms with Crippen molar-refractivity contribution >= 4 is 31.3 Å². The molecule has 1 atom stereocenters. The van der Waals surface area contributed by atoms with Crippen LogP contribution >= 0.6 is 0 Å². The maximum Gasteiger partial charge on any atom is 0.255 e. The third-order valence-corrected chi connectivity index (χ3v) is 8.92. The van der Waals surface area contributed by atoms with Crippen LogP contribution in [0.15, 0.2) is 47.4 Å². The molecule has 1 heterocycles. The summed E-state index contributed by atoms with van der Waals surface area (Å²) in [6, 6.07) is 10.4. The zero-order valence-corrected chi connectivity index (χ0v) is 17.5. The Labute approximate surface area is 169 Å². The van der Waals surface area contributed by atoms with Crippen molar-refractivity contribution in [3.63, 3.8) is 0 Å². The Morgan fingerprint density at radius 1 is 1.07 bits per heavy atom. The zero-order valence-electron chi connectivity index (χ0n) is 15.9. The first kappa shape index (κ1) is 21.1. The molecule has 0 bridgehead atoms. The van der Waals surface area contributed by atoms with Gasteiger partial charge in [-0.15, -0.1) is 0 Å². The van der Waals surface area contributed by atoms with Gasteiger partial charge in [0.2, 0.25) is 0 Å². The van der Waals surface area contributed by atoms with Gasteiger partial charge in [0, 0.05) is 11.6 Å². The van der Waals surface area contributed by atoms with E-state index in [1.807, 2.05) is 0 Å². The summed E-state index contributed by atoms with van der Waals surface area (Å²) in [4.78, 5) is 12.5. The molecular formula is C19H21NO7S2. The number of hydrogen-bond acceptors (Lipinski definition) is 7. The predicted octanol–water partition coefficient (Wildman–Crippen LogP) is 1.92. The second-order valence-electron chi connectivity index (χ2n) is 6.61. The molecule has 0 spiro atoms. The summed E-state index contributed by atoms with van der Waals surface area (Å²) in [6.45, 7) is 0. The molecule has 0 saturated carbocycles. The van der Waals surface area contributed by atoms with Crippen molar-refractivity contribution in [2.24, 2.45) is 0 Å². The molecule has 1 N–H and O–H groups in total. The number of carbonyl (C=O) groups is 1. The molecule has 3 rings (SSSR count). The van der Waals surface area contributed by atoms with Gasteiger partial charge in [-0.25, -0.2) is 16.8 Å². The molecule has 1 aliphatic heterocycles. The molecule has 2 aromatic rings. The van der Waals surface area contributed by atoms with Crippen LogP contribution in [0.1, 0.15) is 16.8 Å². The highest BCUT2D eigenvalue weighted by atomic mass is 32.2. The van der Waals surface area contributed by atoms with Gasteiger partial charge in [-0.2, -0.15) is 0 Å². The van der Waals surface area contributed by atoms with Gasteiger partial charge in [-0.3, -0.25) is 4.79 Å². The molecule has 1 saturated heterocycles. The standard InChI is InChI=1S/C19H21NO7S2/c1-26-14-5-8-17(18(11-14)27-2)20-19(21)13-3-6-15(7-4-13)29(24,25)16-9-10-28(22,23)12-16/h3-8,11,16H,9-10,12H2,1-2H3,(H,20,21). The van der Waals surface area contributed by atoms with E-state index in [1.54, 1.807) is 18.2 Å². The SMILES string of the molecule is COc1ccc(NC(=O)c2ccc(S(=O)(=O)C3CCS(=O)(=O)C3)cc2)c(OC)c1. The summed E-state index contributed by atoms with van der Waals surface area (Å²) < 4.78 is 58.8. The normalized spacial score (nSPS) is 18.2. The maximum atomic E-state index is 12.6. The average Bonchev–Trinajstić information content (AvgIpc) is 3.08. The summed E-state index contributed by atoms with van der Waals surface area (Å²) in [5.74, 6) is 0.0548. The van der Waals surface area contributed by atoms with Crippen LogP contribution in [0.3, 0.4) is 0 Å². The highest BCUT2D eigenvalue weighted by Crippen LogP contribution is 2.30. The molecular weight excluding hydrogens is 418 g/mol. The third-order valence-electron chi connectivity index (χ3n) is 4.73. The van der Waals surface area contributed by atoms with Gasteiger partial charge in [0.15, 0.2) is 19.7 Å². The van der Waals surface area contributed by atoms with E-state index in [0.717, 1.165) is 0 Å². The van der Waals surface area contributed by atoms with E-state index in [9.17, 15) is 21.6 Å².